The first-order valence-corrected chi connectivity index (χ1v) is 8.90. The standard InChI is InChI=1S/C20H25N3O5/c1-24-17-9-13(10-18(25-2)19(17)26-3)12-22-20(21)23-14-5-6-15-16(11-14)28-8-4-7-27-15/h5-6,9-11H,4,7-8,12H2,1-3H3,(H3,21,22,23). The van der Waals surface area contributed by atoms with Crippen molar-refractivity contribution in [2.75, 3.05) is 39.9 Å². The van der Waals surface area contributed by atoms with E-state index in [4.69, 9.17) is 29.4 Å². The molecular formula is C20H25N3O5. The Bertz CT molecular complexity index is 829. The minimum Gasteiger partial charge on any atom is -0.493 e. The quantitative estimate of drug-likeness (QED) is 0.581. The maximum atomic E-state index is 6.04. The number of rotatable bonds is 6. The Morgan fingerprint density at radius 1 is 1.00 bits per heavy atom. The smallest absolute Gasteiger partial charge is 0.203 e. The number of hydrogen-bond acceptors (Lipinski definition) is 6. The zero-order chi connectivity index (χ0) is 19.9. The van der Waals surface area contributed by atoms with Crippen molar-refractivity contribution in [1.82, 2.24) is 0 Å². The van der Waals surface area contributed by atoms with E-state index in [0.717, 1.165) is 23.4 Å². The maximum Gasteiger partial charge on any atom is 0.203 e. The average molecular weight is 387 g/mol. The predicted molar refractivity (Wildman–Crippen MR) is 107 cm³/mol. The second kappa shape index (κ2) is 9.07. The Hall–Kier alpha value is -3.29. The van der Waals surface area contributed by atoms with E-state index < -0.39 is 0 Å². The molecule has 1 aliphatic heterocycles. The van der Waals surface area contributed by atoms with Crippen molar-refractivity contribution in [3.8, 4) is 28.7 Å². The molecule has 0 bridgehead atoms. The Balaban J connectivity index is 1.72. The summed E-state index contributed by atoms with van der Waals surface area (Å²) >= 11 is 0. The van der Waals surface area contributed by atoms with E-state index in [-0.39, 0.29) is 5.96 Å². The molecule has 1 aliphatic rings. The molecular weight excluding hydrogens is 362 g/mol. The molecule has 0 spiro atoms. The number of nitrogens with two attached hydrogens (primary N) is 1. The molecule has 150 valence electrons. The van der Waals surface area contributed by atoms with Crippen molar-refractivity contribution in [2.45, 2.75) is 13.0 Å². The molecule has 0 aromatic heterocycles. The number of ether oxygens (including phenoxy) is 5. The van der Waals surface area contributed by atoms with Gasteiger partial charge in [-0.1, -0.05) is 0 Å². The lowest BCUT2D eigenvalue weighted by Crippen LogP contribution is -2.22. The van der Waals surface area contributed by atoms with Gasteiger partial charge in [0.2, 0.25) is 5.75 Å². The molecule has 0 amide bonds. The van der Waals surface area contributed by atoms with Gasteiger partial charge in [0.05, 0.1) is 41.1 Å². The predicted octanol–water partition coefficient (Wildman–Crippen LogP) is 2.80. The molecule has 0 aliphatic carbocycles. The summed E-state index contributed by atoms with van der Waals surface area (Å²) < 4.78 is 27.4. The number of methoxy groups -OCH3 is 3. The van der Waals surface area contributed by atoms with Crippen LogP contribution in [0, 0.1) is 0 Å². The maximum absolute atomic E-state index is 6.04. The summed E-state index contributed by atoms with van der Waals surface area (Å²) in [7, 11) is 4.71. The molecule has 1 heterocycles. The highest BCUT2D eigenvalue weighted by atomic mass is 16.5. The van der Waals surface area contributed by atoms with Crippen LogP contribution in [0.5, 0.6) is 28.7 Å². The van der Waals surface area contributed by atoms with Crippen LogP contribution in [0.2, 0.25) is 0 Å². The van der Waals surface area contributed by atoms with Crippen LogP contribution in [0.4, 0.5) is 5.69 Å². The molecule has 0 atom stereocenters. The highest BCUT2D eigenvalue weighted by Crippen LogP contribution is 2.38. The zero-order valence-electron chi connectivity index (χ0n) is 16.3. The molecule has 28 heavy (non-hydrogen) atoms. The van der Waals surface area contributed by atoms with Crippen LogP contribution in [0.1, 0.15) is 12.0 Å². The molecule has 2 aromatic carbocycles. The van der Waals surface area contributed by atoms with E-state index in [1.807, 2.05) is 30.3 Å². The SMILES string of the molecule is COc1cc(CN=C(N)Nc2ccc3c(c2)OCCCO3)cc(OC)c1OC. The third kappa shape index (κ3) is 4.51. The first-order chi connectivity index (χ1) is 13.6. The Labute approximate surface area is 164 Å². The van der Waals surface area contributed by atoms with Gasteiger partial charge in [-0.15, -0.1) is 0 Å². The van der Waals surface area contributed by atoms with Gasteiger partial charge in [0.15, 0.2) is 29.0 Å². The van der Waals surface area contributed by atoms with Gasteiger partial charge in [0.25, 0.3) is 0 Å². The number of nitrogens with one attached hydrogen (secondary N) is 1. The fraction of sp³-hybridized carbons (Fsp3) is 0.350. The van der Waals surface area contributed by atoms with Gasteiger partial charge in [-0.3, -0.25) is 0 Å². The van der Waals surface area contributed by atoms with E-state index in [0.29, 0.717) is 42.8 Å². The Kier molecular flexibility index (Phi) is 6.31. The molecule has 3 N–H and O–H groups in total. The first kappa shape index (κ1) is 19.5. The van der Waals surface area contributed by atoms with E-state index in [1.165, 1.54) is 0 Å². The molecule has 8 nitrogen and oxygen atoms in total. The Morgan fingerprint density at radius 2 is 1.68 bits per heavy atom. The van der Waals surface area contributed by atoms with Gasteiger partial charge in [0, 0.05) is 18.2 Å². The van der Waals surface area contributed by atoms with Crippen LogP contribution in [0.25, 0.3) is 0 Å². The number of fused-ring (bicyclic) bond motifs is 1. The third-order valence-corrected chi connectivity index (χ3v) is 4.18. The molecule has 0 unspecified atom stereocenters. The Morgan fingerprint density at radius 3 is 2.32 bits per heavy atom. The van der Waals surface area contributed by atoms with Gasteiger partial charge < -0.3 is 34.7 Å². The normalized spacial score (nSPS) is 13.5. The second-order valence-corrected chi connectivity index (χ2v) is 6.07. The van der Waals surface area contributed by atoms with Crippen LogP contribution in [0.3, 0.4) is 0 Å². The molecule has 0 fully saturated rings. The molecule has 0 saturated carbocycles. The number of nitrogens with zero attached hydrogens (tertiary/aromatic N) is 1. The van der Waals surface area contributed by atoms with Crippen LogP contribution < -0.4 is 34.7 Å². The molecule has 0 radical (unpaired) electrons. The summed E-state index contributed by atoms with van der Waals surface area (Å²) in [5.41, 5.74) is 7.68. The number of anilines is 1. The lowest BCUT2D eigenvalue weighted by atomic mass is 10.2. The fourth-order valence-corrected chi connectivity index (χ4v) is 2.83. The molecule has 0 saturated heterocycles. The summed E-state index contributed by atoms with van der Waals surface area (Å²) in [6, 6.07) is 9.25. The lowest BCUT2D eigenvalue weighted by Gasteiger charge is -2.14. The number of benzene rings is 2. The number of hydrogen-bond donors (Lipinski definition) is 2. The summed E-state index contributed by atoms with van der Waals surface area (Å²) in [4.78, 5) is 4.39. The van der Waals surface area contributed by atoms with Gasteiger partial charge >= 0.3 is 0 Å². The fourth-order valence-electron chi connectivity index (χ4n) is 2.83. The van der Waals surface area contributed by atoms with Crippen molar-refractivity contribution in [1.29, 1.82) is 0 Å². The van der Waals surface area contributed by atoms with E-state index in [9.17, 15) is 0 Å². The number of aliphatic imine (C=N–C) groups is 1. The highest BCUT2D eigenvalue weighted by Gasteiger charge is 2.13. The minimum atomic E-state index is 0.281. The topological polar surface area (TPSA) is 96.6 Å². The lowest BCUT2D eigenvalue weighted by molar-refractivity contribution is 0.297. The van der Waals surface area contributed by atoms with Gasteiger partial charge in [0.1, 0.15) is 0 Å². The zero-order valence-corrected chi connectivity index (χ0v) is 16.3. The summed E-state index contributed by atoms with van der Waals surface area (Å²) in [6.07, 6.45) is 0.857. The van der Waals surface area contributed by atoms with E-state index in [1.54, 1.807) is 21.3 Å². The van der Waals surface area contributed by atoms with Crippen LogP contribution in [0.15, 0.2) is 35.3 Å². The second-order valence-electron chi connectivity index (χ2n) is 6.07. The third-order valence-electron chi connectivity index (χ3n) is 4.18. The first-order valence-electron chi connectivity index (χ1n) is 8.90. The van der Waals surface area contributed by atoms with Crippen LogP contribution in [-0.4, -0.2) is 40.5 Å². The van der Waals surface area contributed by atoms with Crippen molar-refractivity contribution in [2.24, 2.45) is 10.7 Å². The summed E-state index contributed by atoms with van der Waals surface area (Å²) in [6.45, 7) is 1.62. The van der Waals surface area contributed by atoms with Crippen molar-refractivity contribution >= 4 is 11.6 Å². The highest BCUT2D eigenvalue weighted by molar-refractivity contribution is 5.92. The van der Waals surface area contributed by atoms with Gasteiger partial charge in [-0.05, 0) is 29.8 Å². The summed E-state index contributed by atoms with van der Waals surface area (Å²) in [5.74, 6) is 3.39. The van der Waals surface area contributed by atoms with E-state index in [2.05, 4.69) is 10.3 Å². The van der Waals surface area contributed by atoms with Crippen molar-refractivity contribution < 1.29 is 23.7 Å². The van der Waals surface area contributed by atoms with Gasteiger partial charge in [-0.25, -0.2) is 4.99 Å². The monoisotopic (exact) mass is 387 g/mol. The average Bonchev–Trinajstić information content (AvgIpc) is 2.96. The largest absolute Gasteiger partial charge is 0.493 e. The molecule has 3 rings (SSSR count). The molecule has 2 aromatic rings. The summed E-state index contributed by atoms with van der Waals surface area (Å²) in [5, 5.41) is 3.07. The van der Waals surface area contributed by atoms with Crippen molar-refractivity contribution in [3.05, 3.63) is 35.9 Å². The molecule has 8 heteroatoms. The van der Waals surface area contributed by atoms with Gasteiger partial charge in [-0.2, -0.15) is 0 Å². The van der Waals surface area contributed by atoms with Crippen LogP contribution in [-0.2, 0) is 6.54 Å². The minimum absolute atomic E-state index is 0.281. The number of guanidine groups is 1. The van der Waals surface area contributed by atoms with Crippen LogP contribution >= 0.6 is 0 Å². The van der Waals surface area contributed by atoms with Crippen molar-refractivity contribution in [3.63, 3.8) is 0 Å². The van der Waals surface area contributed by atoms with E-state index >= 15 is 0 Å².